The van der Waals surface area contributed by atoms with Crippen LogP contribution in [0.25, 0.3) is 0 Å². The number of benzene rings is 1. The van der Waals surface area contributed by atoms with E-state index >= 15 is 0 Å². The van der Waals surface area contributed by atoms with Crippen LogP contribution in [-0.2, 0) is 6.61 Å². The van der Waals surface area contributed by atoms with E-state index in [4.69, 9.17) is 16.3 Å². The molecule has 1 aromatic carbocycles. The van der Waals surface area contributed by atoms with E-state index in [1.807, 2.05) is 32.0 Å². The van der Waals surface area contributed by atoms with Gasteiger partial charge >= 0.3 is 0 Å². The number of hydrogen-bond acceptors (Lipinski definition) is 3. The Morgan fingerprint density at radius 3 is 2.58 bits per heavy atom. The van der Waals surface area contributed by atoms with Crippen molar-refractivity contribution in [1.29, 1.82) is 0 Å². The van der Waals surface area contributed by atoms with E-state index in [0.717, 1.165) is 28.7 Å². The highest BCUT2D eigenvalue weighted by Gasteiger charge is 2.08. The van der Waals surface area contributed by atoms with Crippen molar-refractivity contribution in [2.24, 2.45) is 0 Å². The Labute approximate surface area is 117 Å². The first-order chi connectivity index (χ1) is 9.11. The van der Waals surface area contributed by atoms with Crippen molar-refractivity contribution >= 4 is 17.9 Å². The molecule has 0 unspecified atom stereocenters. The van der Waals surface area contributed by atoms with Crippen LogP contribution in [0.2, 0.25) is 5.02 Å². The number of halogens is 1. The van der Waals surface area contributed by atoms with Gasteiger partial charge in [-0.15, -0.1) is 0 Å². The summed E-state index contributed by atoms with van der Waals surface area (Å²) in [4.78, 5) is 14.7. The van der Waals surface area contributed by atoms with E-state index < -0.39 is 0 Å². The first-order valence-electron chi connectivity index (χ1n) is 5.89. The summed E-state index contributed by atoms with van der Waals surface area (Å²) in [7, 11) is 0. The normalized spacial score (nSPS) is 10.3. The standard InChI is InChI=1S/C15H14ClNO2/c1-10-5-12(8-18)6-11(2)15(10)19-9-13-3-4-17-7-14(13)16/h3-8H,9H2,1-2H3. The van der Waals surface area contributed by atoms with Gasteiger partial charge in [0.1, 0.15) is 18.6 Å². The fraction of sp³-hybridized carbons (Fsp3) is 0.200. The minimum absolute atomic E-state index is 0.378. The number of aldehydes is 1. The Bertz CT molecular complexity index is 588. The first-order valence-corrected chi connectivity index (χ1v) is 6.27. The van der Waals surface area contributed by atoms with Crippen LogP contribution in [-0.4, -0.2) is 11.3 Å². The predicted octanol–water partition coefficient (Wildman–Crippen LogP) is 3.74. The molecule has 19 heavy (non-hydrogen) atoms. The summed E-state index contributed by atoms with van der Waals surface area (Å²) in [6.07, 6.45) is 4.11. The molecule has 1 aromatic heterocycles. The third kappa shape index (κ3) is 3.12. The molecule has 1 heterocycles. The van der Waals surface area contributed by atoms with Crippen LogP contribution < -0.4 is 4.74 Å². The van der Waals surface area contributed by atoms with E-state index in [2.05, 4.69) is 4.98 Å². The molecule has 0 N–H and O–H groups in total. The topological polar surface area (TPSA) is 39.2 Å². The average molecular weight is 276 g/mol. The van der Waals surface area contributed by atoms with E-state index in [1.165, 1.54) is 0 Å². The molecule has 0 saturated carbocycles. The molecule has 2 aromatic rings. The second kappa shape index (κ2) is 5.85. The van der Waals surface area contributed by atoms with Gasteiger partial charge in [0.25, 0.3) is 0 Å². The Hall–Kier alpha value is -1.87. The van der Waals surface area contributed by atoms with Gasteiger partial charge in [-0.05, 0) is 43.2 Å². The van der Waals surface area contributed by atoms with Gasteiger partial charge < -0.3 is 4.74 Å². The Balaban J connectivity index is 2.21. The Morgan fingerprint density at radius 1 is 1.32 bits per heavy atom. The smallest absolute Gasteiger partial charge is 0.150 e. The van der Waals surface area contributed by atoms with Crippen molar-refractivity contribution in [3.8, 4) is 5.75 Å². The molecule has 4 heteroatoms. The van der Waals surface area contributed by atoms with Gasteiger partial charge in [0, 0.05) is 23.5 Å². The van der Waals surface area contributed by atoms with Crippen LogP contribution >= 0.6 is 11.6 Å². The summed E-state index contributed by atoms with van der Waals surface area (Å²) in [5, 5.41) is 0.585. The molecule has 98 valence electrons. The first kappa shape index (κ1) is 13.6. The molecule has 2 rings (SSSR count). The van der Waals surface area contributed by atoms with Crippen molar-refractivity contribution in [2.45, 2.75) is 20.5 Å². The number of nitrogens with zero attached hydrogens (tertiary/aromatic N) is 1. The molecule has 0 bridgehead atoms. The molecule has 0 atom stereocenters. The van der Waals surface area contributed by atoms with Gasteiger partial charge in [-0.25, -0.2) is 0 Å². The average Bonchev–Trinajstić information content (AvgIpc) is 2.39. The number of hydrogen-bond donors (Lipinski definition) is 0. The molecule has 0 aliphatic heterocycles. The summed E-state index contributed by atoms with van der Waals surface area (Å²) < 4.78 is 5.81. The van der Waals surface area contributed by atoms with Crippen molar-refractivity contribution in [3.63, 3.8) is 0 Å². The maximum Gasteiger partial charge on any atom is 0.150 e. The van der Waals surface area contributed by atoms with Gasteiger partial charge in [0.2, 0.25) is 0 Å². The number of aromatic nitrogens is 1. The molecule has 0 fully saturated rings. The van der Waals surface area contributed by atoms with Crippen LogP contribution in [0.3, 0.4) is 0 Å². The minimum Gasteiger partial charge on any atom is -0.488 e. The van der Waals surface area contributed by atoms with Crippen LogP contribution in [0.5, 0.6) is 5.75 Å². The largest absolute Gasteiger partial charge is 0.488 e. The molecule has 0 radical (unpaired) electrons. The number of carbonyl (C=O) groups excluding carboxylic acids is 1. The summed E-state index contributed by atoms with van der Waals surface area (Å²) in [6, 6.07) is 5.44. The second-order valence-corrected chi connectivity index (χ2v) is 4.76. The highest BCUT2D eigenvalue weighted by Crippen LogP contribution is 2.26. The molecule has 0 aliphatic carbocycles. The Morgan fingerprint density at radius 2 is 2.00 bits per heavy atom. The number of carbonyl (C=O) groups is 1. The van der Waals surface area contributed by atoms with Crippen molar-refractivity contribution in [2.75, 3.05) is 0 Å². The molecule has 0 saturated heterocycles. The molecule has 3 nitrogen and oxygen atoms in total. The fourth-order valence-corrected chi connectivity index (χ4v) is 2.12. The number of aryl methyl sites for hydroxylation is 2. The van der Waals surface area contributed by atoms with Gasteiger partial charge in [0.05, 0.1) is 5.02 Å². The Kier molecular flexibility index (Phi) is 4.17. The lowest BCUT2D eigenvalue weighted by atomic mass is 10.1. The third-order valence-corrected chi connectivity index (χ3v) is 3.19. The van der Waals surface area contributed by atoms with Crippen molar-refractivity contribution in [3.05, 3.63) is 57.9 Å². The van der Waals surface area contributed by atoms with Crippen LogP contribution in [0, 0.1) is 13.8 Å². The number of rotatable bonds is 4. The van der Waals surface area contributed by atoms with E-state index in [1.54, 1.807) is 12.4 Å². The highest BCUT2D eigenvalue weighted by atomic mass is 35.5. The summed E-state index contributed by atoms with van der Waals surface area (Å²) in [6.45, 7) is 4.22. The van der Waals surface area contributed by atoms with Gasteiger partial charge in [0.15, 0.2) is 0 Å². The van der Waals surface area contributed by atoms with E-state index in [-0.39, 0.29) is 0 Å². The zero-order chi connectivity index (χ0) is 13.8. The zero-order valence-corrected chi connectivity index (χ0v) is 11.6. The predicted molar refractivity (Wildman–Crippen MR) is 74.9 cm³/mol. The summed E-state index contributed by atoms with van der Waals surface area (Å²) in [5.41, 5.74) is 3.42. The van der Waals surface area contributed by atoms with Gasteiger partial charge in [-0.3, -0.25) is 9.78 Å². The van der Waals surface area contributed by atoms with Crippen LogP contribution in [0.1, 0.15) is 27.0 Å². The lowest BCUT2D eigenvalue weighted by Gasteiger charge is -2.13. The lowest BCUT2D eigenvalue weighted by Crippen LogP contribution is -2.00. The number of ether oxygens (including phenoxy) is 1. The molecule has 0 aliphatic rings. The number of pyridine rings is 1. The maximum absolute atomic E-state index is 10.8. The minimum atomic E-state index is 0.378. The van der Waals surface area contributed by atoms with E-state index in [9.17, 15) is 4.79 Å². The second-order valence-electron chi connectivity index (χ2n) is 4.36. The monoisotopic (exact) mass is 275 g/mol. The van der Waals surface area contributed by atoms with Gasteiger partial charge in [-0.1, -0.05) is 11.6 Å². The maximum atomic E-state index is 10.8. The molecule has 0 spiro atoms. The van der Waals surface area contributed by atoms with Crippen molar-refractivity contribution < 1.29 is 9.53 Å². The molecule has 0 amide bonds. The van der Waals surface area contributed by atoms with Crippen LogP contribution in [0.15, 0.2) is 30.6 Å². The van der Waals surface area contributed by atoms with Crippen molar-refractivity contribution in [1.82, 2.24) is 4.98 Å². The highest BCUT2D eigenvalue weighted by molar-refractivity contribution is 6.31. The zero-order valence-electron chi connectivity index (χ0n) is 10.8. The van der Waals surface area contributed by atoms with Gasteiger partial charge in [-0.2, -0.15) is 0 Å². The molecular formula is C15H14ClNO2. The SMILES string of the molecule is Cc1cc(C=O)cc(C)c1OCc1ccncc1Cl. The molecular weight excluding hydrogens is 262 g/mol. The van der Waals surface area contributed by atoms with Crippen LogP contribution in [0.4, 0.5) is 0 Å². The van der Waals surface area contributed by atoms with E-state index in [0.29, 0.717) is 17.2 Å². The lowest BCUT2D eigenvalue weighted by molar-refractivity contribution is 0.112. The fourth-order valence-electron chi connectivity index (χ4n) is 1.95. The third-order valence-electron chi connectivity index (χ3n) is 2.85. The quantitative estimate of drug-likeness (QED) is 0.798. The summed E-state index contributed by atoms with van der Waals surface area (Å²) >= 11 is 6.03. The summed E-state index contributed by atoms with van der Waals surface area (Å²) in [5.74, 6) is 0.790.